The van der Waals surface area contributed by atoms with Gasteiger partial charge in [0.1, 0.15) is 0 Å². The van der Waals surface area contributed by atoms with E-state index in [1.54, 1.807) is 6.29 Å². The van der Waals surface area contributed by atoms with E-state index in [0.29, 0.717) is 24.8 Å². The third-order valence-corrected chi connectivity index (χ3v) is 1.73. The minimum Gasteiger partial charge on any atom is -0.291 e. The number of halogens is 2. The van der Waals surface area contributed by atoms with Gasteiger partial charge in [-0.25, -0.2) is 8.78 Å². The largest absolute Gasteiger partial charge is 0.291 e. The lowest BCUT2D eigenvalue weighted by molar-refractivity contribution is 0.506. The molecule has 1 rings (SSSR count). The minimum absolute atomic E-state index is 0.332. The Hall–Kier alpha value is -1.25. The first-order valence-electron chi connectivity index (χ1n) is 4.03. The Morgan fingerprint density at radius 3 is 2.62 bits per heavy atom. The van der Waals surface area contributed by atoms with Gasteiger partial charge in [0.15, 0.2) is 17.9 Å². The van der Waals surface area contributed by atoms with Gasteiger partial charge in [0, 0.05) is 6.42 Å². The van der Waals surface area contributed by atoms with E-state index in [4.69, 9.17) is 0 Å². The maximum atomic E-state index is 12.6. The highest BCUT2D eigenvalue weighted by molar-refractivity contribution is 5.50. The van der Waals surface area contributed by atoms with Crippen LogP contribution in [0.3, 0.4) is 0 Å². The highest BCUT2D eigenvalue weighted by atomic mass is 19.2. The Morgan fingerprint density at radius 2 is 2.00 bits per heavy atom. The summed E-state index contributed by atoms with van der Waals surface area (Å²) in [7, 11) is 0. The molecule has 0 aromatic heterocycles. The zero-order chi connectivity index (χ0) is 9.68. The molecule has 0 N–H and O–H groups in total. The molecule has 0 bridgehead atoms. The predicted molar refractivity (Wildman–Crippen MR) is 45.0 cm³/mol. The van der Waals surface area contributed by atoms with Crippen LogP contribution in [0, 0.1) is 11.6 Å². The number of unbranched alkanes of at least 4 members (excludes halogenated alkanes) is 1. The van der Waals surface area contributed by atoms with Crippen LogP contribution in [0.25, 0.3) is 0 Å². The van der Waals surface area contributed by atoms with E-state index >= 15 is 0 Å². The van der Waals surface area contributed by atoms with E-state index in [-0.39, 0.29) is 0 Å². The van der Waals surface area contributed by atoms with E-state index in [1.165, 1.54) is 6.07 Å². The Kier molecular flexibility index (Phi) is 3.55. The van der Waals surface area contributed by atoms with Gasteiger partial charge in [-0.15, -0.1) is 0 Å². The third-order valence-electron chi connectivity index (χ3n) is 1.73. The average Bonchev–Trinajstić information content (AvgIpc) is 2.12. The fourth-order valence-corrected chi connectivity index (χ4v) is 1.06. The quantitative estimate of drug-likeness (QED) is 0.655. The van der Waals surface area contributed by atoms with Crippen LogP contribution in [0.15, 0.2) is 18.2 Å². The molecule has 0 saturated heterocycles. The molecule has 0 aliphatic carbocycles. The van der Waals surface area contributed by atoms with Crippen molar-refractivity contribution in [1.29, 1.82) is 0 Å². The minimum atomic E-state index is -0.842. The number of hydrogen-bond donors (Lipinski definition) is 0. The predicted octanol–water partition coefficient (Wildman–Crippen LogP) is 2.40. The first kappa shape index (κ1) is 9.84. The van der Waals surface area contributed by atoms with Crippen LogP contribution in [0.1, 0.15) is 18.4 Å². The molecule has 0 saturated carbocycles. The fraction of sp³-hybridized carbons (Fsp3) is 0.300. The molecule has 0 heterocycles. The highest BCUT2D eigenvalue weighted by Crippen LogP contribution is 2.10. The molecular weight excluding hydrogens is 174 g/mol. The van der Waals surface area contributed by atoms with Crippen LogP contribution < -0.4 is 0 Å². The third kappa shape index (κ3) is 2.93. The van der Waals surface area contributed by atoms with Gasteiger partial charge in [0.25, 0.3) is 0 Å². The average molecular weight is 183 g/mol. The molecule has 1 radical (unpaired) electrons. The highest BCUT2D eigenvalue weighted by Gasteiger charge is 2.01. The second-order valence-electron chi connectivity index (χ2n) is 2.75. The van der Waals surface area contributed by atoms with E-state index in [2.05, 4.69) is 0 Å². The smallest absolute Gasteiger partial charge is 0.198 e. The summed E-state index contributed by atoms with van der Waals surface area (Å²) in [6.07, 6.45) is 3.27. The van der Waals surface area contributed by atoms with Crippen LogP contribution in [0.5, 0.6) is 0 Å². The molecule has 0 aliphatic rings. The standard InChI is InChI=1S/C10H9F2O/c11-9-5-4-8(7-10(9)12)3-1-2-6-13/h4-5,7H,1-3H2. The van der Waals surface area contributed by atoms with Crippen molar-refractivity contribution in [3.8, 4) is 0 Å². The number of rotatable bonds is 4. The summed E-state index contributed by atoms with van der Waals surface area (Å²) in [5, 5.41) is 0. The first-order valence-corrected chi connectivity index (χ1v) is 4.03. The second-order valence-corrected chi connectivity index (χ2v) is 2.75. The zero-order valence-electron chi connectivity index (χ0n) is 7.02. The van der Waals surface area contributed by atoms with Crippen LogP contribution in [0.4, 0.5) is 8.78 Å². The van der Waals surface area contributed by atoms with Crippen molar-refractivity contribution in [2.75, 3.05) is 0 Å². The molecule has 1 aromatic rings. The van der Waals surface area contributed by atoms with Gasteiger partial charge in [0.05, 0.1) is 0 Å². The van der Waals surface area contributed by atoms with Gasteiger partial charge in [-0.1, -0.05) is 6.07 Å². The van der Waals surface area contributed by atoms with Crippen molar-refractivity contribution < 1.29 is 13.6 Å². The first-order chi connectivity index (χ1) is 6.24. The molecule has 0 spiro atoms. The lowest BCUT2D eigenvalue weighted by Crippen LogP contribution is -1.90. The van der Waals surface area contributed by atoms with Crippen molar-refractivity contribution in [1.82, 2.24) is 0 Å². The summed E-state index contributed by atoms with van der Waals surface area (Å²) in [4.78, 5) is 9.86. The lowest BCUT2D eigenvalue weighted by Gasteiger charge is -1.99. The number of aryl methyl sites for hydroxylation is 1. The van der Waals surface area contributed by atoms with Crippen molar-refractivity contribution in [2.24, 2.45) is 0 Å². The summed E-state index contributed by atoms with van der Waals surface area (Å²) in [5.74, 6) is -1.68. The van der Waals surface area contributed by atoms with Crippen LogP contribution in [-0.2, 0) is 11.2 Å². The molecule has 1 nitrogen and oxygen atoms in total. The van der Waals surface area contributed by atoms with Gasteiger partial charge in [-0.05, 0) is 30.5 Å². The van der Waals surface area contributed by atoms with Crippen molar-refractivity contribution in [2.45, 2.75) is 19.3 Å². The molecule has 0 atom stereocenters. The Morgan fingerprint density at radius 1 is 1.23 bits per heavy atom. The van der Waals surface area contributed by atoms with Crippen LogP contribution in [0.2, 0.25) is 0 Å². The van der Waals surface area contributed by atoms with E-state index in [1.807, 2.05) is 0 Å². The number of hydrogen-bond acceptors (Lipinski definition) is 1. The SMILES string of the molecule is O=[C]CCCc1ccc(F)c(F)c1. The molecule has 0 unspecified atom stereocenters. The van der Waals surface area contributed by atoms with Crippen LogP contribution >= 0.6 is 0 Å². The van der Waals surface area contributed by atoms with Gasteiger partial charge >= 0.3 is 0 Å². The second kappa shape index (κ2) is 4.70. The van der Waals surface area contributed by atoms with Gasteiger partial charge in [-0.2, -0.15) is 0 Å². The van der Waals surface area contributed by atoms with Crippen molar-refractivity contribution in [3.63, 3.8) is 0 Å². The molecular formula is C10H9F2O. The summed E-state index contributed by atoms with van der Waals surface area (Å²) in [6.45, 7) is 0. The van der Waals surface area contributed by atoms with Gasteiger partial charge in [-0.3, -0.25) is 4.79 Å². The van der Waals surface area contributed by atoms with E-state index in [0.717, 1.165) is 12.1 Å². The summed E-state index contributed by atoms with van der Waals surface area (Å²) in [6, 6.07) is 3.76. The van der Waals surface area contributed by atoms with E-state index < -0.39 is 11.6 Å². The van der Waals surface area contributed by atoms with Crippen molar-refractivity contribution >= 4 is 6.29 Å². The molecule has 0 aliphatic heterocycles. The van der Waals surface area contributed by atoms with Gasteiger partial charge < -0.3 is 0 Å². The molecule has 13 heavy (non-hydrogen) atoms. The lowest BCUT2D eigenvalue weighted by atomic mass is 10.1. The maximum Gasteiger partial charge on any atom is 0.198 e. The normalized spacial score (nSPS) is 10.0. The molecule has 0 fully saturated rings. The Bertz CT molecular complexity index is 297. The van der Waals surface area contributed by atoms with Crippen molar-refractivity contribution in [3.05, 3.63) is 35.4 Å². The molecule has 69 valence electrons. The Labute approximate surface area is 75.4 Å². The summed E-state index contributed by atoms with van der Waals surface area (Å²) in [5.41, 5.74) is 0.703. The summed E-state index contributed by atoms with van der Waals surface area (Å²) >= 11 is 0. The summed E-state index contributed by atoms with van der Waals surface area (Å²) < 4.78 is 25.1. The zero-order valence-corrected chi connectivity index (χ0v) is 7.02. The van der Waals surface area contributed by atoms with Gasteiger partial charge in [0.2, 0.25) is 0 Å². The maximum absolute atomic E-state index is 12.6. The number of carbonyl (C=O) groups excluding carboxylic acids is 1. The monoisotopic (exact) mass is 183 g/mol. The number of benzene rings is 1. The molecule has 0 amide bonds. The fourth-order valence-electron chi connectivity index (χ4n) is 1.06. The van der Waals surface area contributed by atoms with Crippen LogP contribution in [-0.4, -0.2) is 6.29 Å². The Balaban J connectivity index is 2.57. The molecule has 1 aromatic carbocycles. The molecule has 3 heteroatoms. The topological polar surface area (TPSA) is 17.1 Å². The van der Waals surface area contributed by atoms with E-state index in [9.17, 15) is 13.6 Å².